The van der Waals surface area contributed by atoms with Gasteiger partial charge in [-0.05, 0) is 17.7 Å². The zero-order chi connectivity index (χ0) is 22.0. The second kappa shape index (κ2) is 8.65. The van der Waals surface area contributed by atoms with Crippen molar-refractivity contribution in [3.63, 3.8) is 0 Å². The first-order chi connectivity index (χ1) is 15.1. The molecule has 1 N–H and O–H groups in total. The second-order valence-electron chi connectivity index (χ2n) is 6.84. The number of methoxy groups -OCH3 is 4. The van der Waals surface area contributed by atoms with Crippen LogP contribution in [0.3, 0.4) is 0 Å². The minimum Gasteiger partial charge on any atom is -0.493 e. The molecule has 31 heavy (non-hydrogen) atoms. The number of carbonyl (C=O) groups excluding carboxylic acids is 1. The van der Waals surface area contributed by atoms with E-state index >= 15 is 0 Å². The Balaban J connectivity index is 1.83. The van der Waals surface area contributed by atoms with Crippen molar-refractivity contribution in [2.75, 3.05) is 47.0 Å². The molecule has 9 nitrogen and oxygen atoms in total. The Morgan fingerprint density at radius 3 is 2.29 bits per heavy atom. The molecule has 0 spiro atoms. The number of nitrogens with one attached hydrogen (secondary N) is 1. The van der Waals surface area contributed by atoms with E-state index in [1.165, 1.54) is 6.33 Å². The largest absolute Gasteiger partial charge is 0.493 e. The fourth-order valence-electron chi connectivity index (χ4n) is 3.68. The Bertz CT molecular complexity index is 1130. The Hall–Kier alpha value is -3.59. The number of nitrogens with zero attached hydrogens (tertiary/aromatic N) is 2. The monoisotopic (exact) mass is 425 g/mol. The van der Waals surface area contributed by atoms with Crippen LogP contribution < -0.4 is 24.3 Å². The molecule has 0 aliphatic carbocycles. The maximum absolute atomic E-state index is 12.9. The van der Waals surface area contributed by atoms with Gasteiger partial charge in [0.05, 0.1) is 39.1 Å². The summed E-state index contributed by atoms with van der Waals surface area (Å²) in [6, 6.07) is 7.11. The zero-order valence-electron chi connectivity index (χ0n) is 17.7. The lowest BCUT2D eigenvalue weighted by Crippen LogP contribution is -2.15. The molecule has 0 saturated carbocycles. The molecule has 1 aliphatic heterocycles. The van der Waals surface area contributed by atoms with Crippen molar-refractivity contribution in [1.82, 2.24) is 9.97 Å². The zero-order valence-corrected chi connectivity index (χ0v) is 17.7. The van der Waals surface area contributed by atoms with Crippen LogP contribution in [-0.2, 0) is 9.53 Å². The van der Waals surface area contributed by atoms with Crippen LogP contribution in [0.5, 0.6) is 23.0 Å². The molecule has 4 rings (SSSR count). The maximum atomic E-state index is 12.9. The lowest BCUT2D eigenvalue weighted by atomic mass is 9.93. The number of fused-ring (bicyclic) bond motifs is 2. The Morgan fingerprint density at radius 2 is 1.58 bits per heavy atom. The molecule has 0 radical (unpaired) electrons. The van der Waals surface area contributed by atoms with Gasteiger partial charge in [0.1, 0.15) is 18.9 Å². The number of aromatic nitrogens is 2. The van der Waals surface area contributed by atoms with E-state index in [0.717, 1.165) is 5.56 Å². The van der Waals surface area contributed by atoms with Crippen molar-refractivity contribution in [3.05, 3.63) is 41.9 Å². The van der Waals surface area contributed by atoms with Gasteiger partial charge in [-0.15, -0.1) is 0 Å². The van der Waals surface area contributed by atoms with E-state index in [1.807, 2.05) is 0 Å². The molecule has 3 aromatic rings. The van der Waals surface area contributed by atoms with Gasteiger partial charge in [0.25, 0.3) is 0 Å². The molecule has 2 heterocycles. The third kappa shape index (κ3) is 3.68. The molecule has 1 amide bonds. The van der Waals surface area contributed by atoms with Crippen LogP contribution >= 0.6 is 0 Å². The minimum absolute atomic E-state index is 0.190. The maximum Gasteiger partial charge on any atom is 0.238 e. The highest BCUT2D eigenvalue weighted by molar-refractivity contribution is 6.07. The fraction of sp³-hybridized carbons (Fsp3) is 0.318. The Kier molecular flexibility index (Phi) is 5.77. The number of benzene rings is 2. The summed E-state index contributed by atoms with van der Waals surface area (Å²) in [5, 5.41) is 3.60. The van der Waals surface area contributed by atoms with Gasteiger partial charge in [-0.25, -0.2) is 9.97 Å². The van der Waals surface area contributed by atoms with Gasteiger partial charge in [0.2, 0.25) is 5.91 Å². The number of ether oxygens (including phenoxy) is 5. The molecule has 9 heteroatoms. The van der Waals surface area contributed by atoms with Crippen LogP contribution in [0.25, 0.3) is 10.9 Å². The molecule has 1 aliphatic rings. The molecule has 0 fully saturated rings. The van der Waals surface area contributed by atoms with E-state index in [4.69, 9.17) is 23.7 Å². The predicted octanol–water partition coefficient (Wildman–Crippen LogP) is 2.76. The normalized spacial score (nSPS) is 14.8. The summed E-state index contributed by atoms with van der Waals surface area (Å²) in [4.78, 5) is 21.8. The summed E-state index contributed by atoms with van der Waals surface area (Å²) in [5.41, 5.74) is 2.61. The first-order valence-corrected chi connectivity index (χ1v) is 9.62. The first-order valence-electron chi connectivity index (χ1n) is 9.62. The first kappa shape index (κ1) is 20.7. The SMILES string of the molecule is COCCOc1cc2ncnc(C3C(=O)Nc4cc(OC)c(OC)cc43)c2cc1OC. The Morgan fingerprint density at radius 1 is 0.871 bits per heavy atom. The third-order valence-corrected chi connectivity index (χ3v) is 5.16. The summed E-state index contributed by atoms with van der Waals surface area (Å²) in [6.07, 6.45) is 1.44. The van der Waals surface area contributed by atoms with Crippen molar-refractivity contribution in [1.29, 1.82) is 0 Å². The van der Waals surface area contributed by atoms with Gasteiger partial charge in [0, 0.05) is 30.3 Å². The number of hydrogen-bond acceptors (Lipinski definition) is 8. The molecule has 1 atom stereocenters. The van der Waals surface area contributed by atoms with Crippen LogP contribution in [0.1, 0.15) is 17.2 Å². The molecular weight excluding hydrogens is 402 g/mol. The number of amides is 1. The fourth-order valence-corrected chi connectivity index (χ4v) is 3.68. The van der Waals surface area contributed by atoms with E-state index in [-0.39, 0.29) is 5.91 Å². The number of hydrogen-bond donors (Lipinski definition) is 1. The average molecular weight is 425 g/mol. The van der Waals surface area contributed by atoms with Gasteiger partial charge >= 0.3 is 0 Å². The summed E-state index contributed by atoms with van der Waals surface area (Å²) in [5.74, 6) is 1.31. The topological polar surface area (TPSA) is 101 Å². The van der Waals surface area contributed by atoms with Crippen LogP contribution in [0.2, 0.25) is 0 Å². The summed E-state index contributed by atoms with van der Waals surface area (Å²) in [7, 11) is 6.27. The molecule has 0 bridgehead atoms. The van der Waals surface area contributed by atoms with E-state index in [1.54, 1.807) is 52.7 Å². The van der Waals surface area contributed by atoms with Gasteiger partial charge < -0.3 is 29.0 Å². The molecule has 162 valence electrons. The van der Waals surface area contributed by atoms with Crippen molar-refractivity contribution < 1.29 is 28.5 Å². The van der Waals surface area contributed by atoms with E-state index < -0.39 is 5.92 Å². The van der Waals surface area contributed by atoms with E-state index in [0.29, 0.717) is 58.5 Å². The lowest BCUT2D eigenvalue weighted by molar-refractivity contribution is -0.116. The molecule has 2 aromatic carbocycles. The molecular formula is C22H23N3O6. The highest BCUT2D eigenvalue weighted by atomic mass is 16.5. The van der Waals surface area contributed by atoms with Crippen LogP contribution in [0.4, 0.5) is 5.69 Å². The van der Waals surface area contributed by atoms with E-state index in [9.17, 15) is 4.79 Å². The quantitative estimate of drug-likeness (QED) is 0.550. The number of rotatable bonds is 8. The third-order valence-electron chi connectivity index (χ3n) is 5.16. The number of carbonyl (C=O) groups is 1. The minimum atomic E-state index is -0.634. The smallest absolute Gasteiger partial charge is 0.238 e. The highest BCUT2D eigenvalue weighted by Crippen LogP contribution is 2.45. The molecule has 1 aromatic heterocycles. The van der Waals surface area contributed by atoms with Gasteiger partial charge in [0.15, 0.2) is 23.0 Å². The average Bonchev–Trinajstić information content (AvgIpc) is 3.11. The molecule has 0 saturated heterocycles. The van der Waals surface area contributed by atoms with E-state index in [2.05, 4.69) is 15.3 Å². The van der Waals surface area contributed by atoms with Gasteiger partial charge in [-0.1, -0.05) is 0 Å². The van der Waals surface area contributed by atoms with Crippen molar-refractivity contribution >= 4 is 22.5 Å². The standard InChI is InChI=1S/C22H23N3O6/c1-27-5-6-31-19-9-14-13(8-17(19)29-3)21(24-11-23-14)20-12-7-16(28-2)18(30-4)10-15(12)25-22(20)26/h7-11,20H,5-6H2,1-4H3,(H,25,26). The van der Waals surface area contributed by atoms with Gasteiger partial charge in [-0.3, -0.25) is 4.79 Å². The second-order valence-corrected chi connectivity index (χ2v) is 6.84. The lowest BCUT2D eigenvalue weighted by Gasteiger charge is -2.15. The number of anilines is 1. The molecule has 1 unspecified atom stereocenters. The summed E-state index contributed by atoms with van der Waals surface area (Å²) in [6.45, 7) is 0.816. The Labute approximate surface area is 179 Å². The van der Waals surface area contributed by atoms with Gasteiger partial charge in [-0.2, -0.15) is 0 Å². The highest BCUT2D eigenvalue weighted by Gasteiger charge is 2.36. The van der Waals surface area contributed by atoms with Crippen molar-refractivity contribution in [2.45, 2.75) is 5.92 Å². The summed E-state index contributed by atoms with van der Waals surface area (Å²) >= 11 is 0. The van der Waals surface area contributed by atoms with Crippen molar-refractivity contribution in [2.24, 2.45) is 0 Å². The predicted molar refractivity (Wildman–Crippen MR) is 113 cm³/mol. The van der Waals surface area contributed by atoms with Crippen LogP contribution in [0, 0.1) is 0 Å². The van der Waals surface area contributed by atoms with Crippen molar-refractivity contribution in [3.8, 4) is 23.0 Å². The van der Waals surface area contributed by atoms with Crippen LogP contribution in [0.15, 0.2) is 30.6 Å². The van der Waals surface area contributed by atoms with Crippen LogP contribution in [-0.4, -0.2) is 57.5 Å². The summed E-state index contributed by atoms with van der Waals surface area (Å²) < 4.78 is 27.1.